The van der Waals surface area contributed by atoms with Crippen LogP contribution in [-0.2, 0) is 23.1 Å². The van der Waals surface area contributed by atoms with Crippen LogP contribution in [0.2, 0.25) is 0 Å². The predicted octanol–water partition coefficient (Wildman–Crippen LogP) is 2.67. The Morgan fingerprint density at radius 3 is 2.74 bits per heavy atom. The molecule has 0 spiro atoms. The van der Waals surface area contributed by atoms with Crippen molar-refractivity contribution < 1.29 is 19.1 Å². The fourth-order valence-corrected chi connectivity index (χ4v) is 3.40. The Hall–Kier alpha value is -3.55. The molecule has 2 N–H and O–H groups in total. The molecule has 31 heavy (non-hydrogen) atoms. The molecule has 162 valence electrons. The molecule has 1 atom stereocenters. The number of imidazole rings is 1. The number of anilines is 1. The molecule has 0 saturated heterocycles. The van der Waals surface area contributed by atoms with Crippen molar-refractivity contribution >= 4 is 28.5 Å². The van der Waals surface area contributed by atoms with Crippen molar-refractivity contribution in [2.24, 2.45) is 13.0 Å². The van der Waals surface area contributed by atoms with Crippen LogP contribution in [0.5, 0.6) is 11.5 Å². The van der Waals surface area contributed by atoms with Gasteiger partial charge in [-0.25, -0.2) is 4.98 Å². The lowest BCUT2D eigenvalue weighted by atomic mass is 10.2. The number of rotatable bonds is 6. The van der Waals surface area contributed by atoms with Crippen molar-refractivity contribution in [2.75, 3.05) is 18.5 Å². The standard InChI is InChI=1S/C23H26N4O4/c1-14(2)22(28)25-15-8-9-17-16(12-15)26-21(27(17)3)10-11-24-23(29)20-13-30-18-6-4-5-7-19(18)31-20/h4-9,12,14,20H,10-11,13H2,1-3H3,(H,24,29)(H,25,28). The Morgan fingerprint density at radius 2 is 1.97 bits per heavy atom. The third-order valence-corrected chi connectivity index (χ3v) is 5.21. The van der Waals surface area contributed by atoms with E-state index in [9.17, 15) is 9.59 Å². The summed E-state index contributed by atoms with van der Waals surface area (Å²) in [5, 5.41) is 5.79. The number of carbonyl (C=O) groups is 2. The average Bonchev–Trinajstić information content (AvgIpc) is 3.08. The highest BCUT2D eigenvalue weighted by Gasteiger charge is 2.27. The van der Waals surface area contributed by atoms with E-state index in [4.69, 9.17) is 9.47 Å². The van der Waals surface area contributed by atoms with Gasteiger partial charge in [0.05, 0.1) is 11.0 Å². The summed E-state index contributed by atoms with van der Waals surface area (Å²) < 4.78 is 13.3. The van der Waals surface area contributed by atoms with Gasteiger partial charge in [0, 0.05) is 31.6 Å². The maximum absolute atomic E-state index is 12.5. The fourth-order valence-electron chi connectivity index (χ4n) is 3.40. The second-order valence-corrected chi connectivity index (χ2v) is 7.84. The highest BCUT2D eigenvalue weighted by Crippen LogP contribution is 2.30. The summed E-state index contributed by atoms with van der Waals surface area (Å²) in [6.07, 6.45) is -0.114. The summed E-state index contributed by atoms with van der Waals surface area (Å²) in [4.78, 5) is 29.1. The highest BCUT2D eigenvalue weighted by atomic mass is 16.6. The molecule has 0 fully saturated rings. The van der Waals surface area contributed by atoms with Gasteiger partial charge in [-0.15, -0.1) is 0 Å². The first kappa shape index (κ1) is 20.7. The normalized spacial score (nSPS) is 15.2. The van der Waals surface area contributed by atoms with Crippen molar-refractivity contribution in [3.05, 3.63) is 48.3 Å². The summed E-state index contributed by atoms with van der Waals surface area (Å²) in [5.41, 5.74) is 2.48. The first-order valence-corrected chi connectivity index (χ1v) is 10.3. The van der Waals surface area contributed by atoms with Crippen molar-refractivity contribution in [1.82, 2.24) is 14.9 Å². The van der Waals surface area contributed by atoms with Crippen LogP contribution in [0.3, 0.4) is 0 Å². The third-order valence-electron chi connectivity index (χ3n) is 5.21. The van der Waals surface area contributed by atoms with Gasteiger partial charge in [-0.05, 0) is 30.3 Å². The number of hydrogen-bond acceptors (Lipinski definition) is 5. The molecule has 2 heterocycles. The molecule has 0 radical (unpaired) electrons. The van der Waals surface area contributed by atoms with Crippen LogP contribution in [0.25, 0.3) is 11.0 Å². The van der Waals surface area contributed by atoms with E-state index in [1.807, 2.05) is 61.9 Å². The maximum Gasteiger partial charge on any atom is 0.264 e. The van der Waals surface area contributed by atoms with Crippen molar-refractivity contribution in [3.63, 3.8) is 0 Å². The van der Waals surface area contributed by atoms with E-state index in [0.717, 1.165) is 22.5 Å². The molecule has 0 bridgehead atoms. The number of aryl methyl sites for hydroxylation is 1. The summed E-state index contributed by atoms with van der Waals surface area (Å²) in [7, 11) is 1.94. The Kier molecular flexibility index (Phi) is 5.79. The zero-order valence-corrected chi connectivity index (χ0v) is 17.8. The Bertz CT molecular complexity index is 1120. The molecular formula is C23H26N4O4. The van der Waals surface area contributed by atoms with Crippen LogP contribution >= 0.6 is 0 Å². The molecule has 4 rings (SSSR count). The zero-order chi connectivity index (χ0) is 22.0. The number of benzene rings is 2. The molecule has 1 aromatic heterocycles. The number of hydrogen-bond donors (Lipinski definition) is 2. The molecule has 1 aliphatic heterocycles. The number of amides is 2. The zero-order valence-electron chi connectivity index (χ0n) is 17.8. The molecule has 1 aliphatic rings. The van der Waals surface area contributed by atoms with E-state index in [0.29, 0.717) is 24.5 Å². The Balaban J connectivity index is 1.36. The van der Waals surface area contributed by atoms with E-state index >= 15 is 0 Å². The fraction of sp³-hybridized carbons (Fsp3) is 0.348. The Labute approximate surface area is 180 Å². The van der Waals surface area contributed by atoms with Crippen LogP contribution in [0.15, 0.2) is 42.5 Å². The molecule has 2 aromatic carbocycles. The lowest BCUT2D eigenvalue weighted by Crippen LogP contribution is -2.44. The summed E-state index contributed by atoms with van der Waals surface area (Å²) in [6, 6.07) is 13.0. The van der Waals surface area contributed by atoms with Crippen LogP contribution in [-0.4, -0.2) is 40.6 Å². The molecule has 1 unspecified atom stereocenters. The quantitative estimate of drug-likeness (QED) is 0.637. The minimum atomic E-state index is -0.678. The van der Waals surface area contributed by atoms with Gasteiger partial charge >= 0.3 is 0 Å². The molecule has 3 aromatic rings. The van der Waals surface area contributed by atoms with Gasteiger partial charge in [0.1, 0.15) is 12.4 Å². The van der Waals surface area contributed by atoms with Crippen LogP contribution in [0.1, 0.15) is 19.7 Å². The van der Waals surface area contributed by atoms with Gasteiger partial charge in [-0.3, -0.25) is 9.59 Å². The monoisotopic (exact) mass is 422 g/mol. The number of ether oxygens (including phenoxy) is 2. The van der Waals surface area contributed by atoms with E-state index in [1.165, 1.54) is 0 Å². The van der Waals surface area contributed by atoms with E-state index in [-0.39, 0.29) is 24.3 Å². The maximum atomic E-state index is 12.5. The largest absolute Gasteiger partial charge is 0.485 e. The molecule has 8 nitrogen and oxygen atoms in total. The number of aromatic nitrogens is 2. The molecule has 2 amide bonds. The summed E-state index contributed by atoms with van der Waals surface area (Å²) in [5.74, 6) is 1.72. The SMILES string of the molecule is CC(C)C(=O)Nc1ccc2c(c1)nc(CCNC(=O)C1COc3ccccc3O1)n2C. The molecule has 0 saturated carbocycles. The molecule has 0 aliphatic carbocycles. The second-order valence-electron chi connectivity index (χ2n) is 7.84. The van der Waals surface area contributed by atoms with Gasteiger partial charge < -0.3 is 24.7 Å². The van der Waals surface area contributed by atoms with Gasteiger partial charge in [0.2, 0.25) is 12.0 Å². The lowest BCUT2D eigenvalue weighted by Gasteiger charge is -2.25. The van der Waals surface area contributed by atoms with Crippen molar-refractivity contribution in [3.8, 4) is 11.5 Å². The van der Waals surface area contributed by atoms with Gasteiger partial charge in [-0.1, -0.05) is 26.0 Å². The topological polar surface area (TPSA) is 94.5 Å². The van der Waals surface area contributed by atoms with Gasteiger partial charge in [0.25, 0.3) is 5.91 Å². The summed E-state index contributed by atoms with van der Waals surface area (Å²) in [6.45, 7) is 4.31. The first-order valence-electron chi connectivity index (χ1n) is 10.3. The van der Waals surface area contributed by atoms with Crippen molar-refractivity contribution in [2.45, 2.75) is 26.4 Å². The van der Waals surface area contributed by atoms with E-state index in [2.05, 4.69) is 15.6 Å². The Morgan fingerprint density at radius 1 is 1.19 bits per heavy atom. The van der Waals surface area contributed by atoms with Gasteiger partial charge in [0.15, 0.2) is 11.5 Å². The minimum absolute atomic E-state index is 0.0326. The number of nitrogens with zero attached hydrogens (tertiary/aromatic N) is 2. The van der Waals surface area contributed by atoms with Crippen LogP contribution in [0, 0.1) is 5.92 Å². The number of fused-ring (bicyclic) bond motifs is 2. The van der Waals surface area contributed by atoms with Crippen molar-refractivity contribution in [1.29, 1.82) is 0 Å². The highest BCUT2D eigenvalue weighted by molar-refractivity contribution is 5.94. The second kappa shape index (κ2) is 8.67. The predicted molar refractivity (Wildman–Crippen MR) is 117 cm³/mol. The number of nitrogens with one attached hydrogen (secondary N) is 2. The summed E-state index contributed by atoms with van der Waals surface area (Å²) >= 11 is 0. The average molecular weight is 422 g/mol. The number of para-hydroxylation sites is 2. The minimum Gasteiger partial charge on any atom is -0.485 e. The number of carbonyl (C=O) groups excluding carboxylic acids is 2. The first-order chi connectivity index (χ1) is 14.9. The smallest absolute Gasteiger partial charge is 0.264 e. The van der Waals surface area contributed by atoms with Crippen LogP contribution in [0.4, 0.5) is 5.69 Å². The molecule has 8 heteroatoms. The third kappa shape index (κ3) is 4.47. The lowest BCUT2D eigenvalue weighted by molar-refractivity contribution is -0.130. The van der Waals surface area contributed by atoms with E-state index < -0.39 is 6.10 Å². The van der Waals surface area contributed by atoms with Gasteiger partial charge in [-0.2, -0.15) is 0 Å². The molecular weight excluding hydrogens is 396 g/mol. The van der Waals surface area contributed by atoms with E-state index in [1.54, 1.807) is 6.07 Å². The van der Waals surface area contributed by atoms with Crippen LogP contribution < -0.4 is 20.1 Å².